The van der Waals surface area contributed by atoms with E-state index in [-0.39, 0.29) is 19.3 Å². The van der Waals surface area contributed by atoms with Crippen molar-refractivity contribution in [2.75, 3.05) is 27.2 Å². The van der Waals surface area contributed by atoms with Crippen LogP contribution in [0.15, 0.2) is 30.3 Å². The number of amides is 1. The molecule has 2 N–H and O–H groups in total. The molecule has 0 spiro atoms. The number of hydrogen-bond acceptors (Lipinski definition) is 4. The summed E-state index contributed by atoms with van der Waals surface area (Å²) in [6.07, 6.45) is -0.514. The number of nitrogens with zero attached hydrogens (tertiary/aromatic N) is 1. The van der Waals surface area contributed by atoms with Gasteiger partial charge >= 0.3 is 6.09 Å². The van der Waals surface area contributed by atoms with E-state index in [4.69, 9.17) is 9.84 Å². The lowest BCUT2D eigenvalue weighted by Crippen LogP contribution is -2.44. The van der Waals surface area contributed by atoms with Crippen LogP contribution in [-0.2, 0) is 11.3 Å². The number of alkyl carbamates (subject to hydrolysis) is 1. The van der Waals surface area contributed by atoms with Crippen LogP contribution < -0.4 is 5.32 Å². The third-order valence-electron chi connectivity index (χ3n) is 2.34. The van der Waals surface area contributed by atoms with Gasteiger partial charge in [-0.05, 0) is 19.7 Å². The van der Waals surface area contributed by atoms with E-state index in [2.05, 4.69) is 5.32 Å². The first-order valence-corrected chi connectivity index (χ1v) is 5.84. The molecule has 0 unspecified atom stereocenters. The first kappa shape index (κ1) is 14.5. The highest BCUT2D eigenvalue weighted by Crippen LogP contribution is 2.00. The Bertz CT molecular complexity index is 355. The minimum atomic E-state index is -0.514. The summed E-state index contributed by atoms with van der Waals surface area (Å²) in [4.78, 5) is 13.4. The molecular weight excluding hydrogens is 232 g/mol. The Hall–Kier alpha value is -1.59. The molecule has 1 atom stereocenters. The van der Waals surface area contributed by atoms with Crippen LogP contribution in [0.4, 0.5) is 4.79 Å². The molecule has 0 aromatic heterocycles. The standard InChI is InChI=1S/C13H20N2O3/c1-15(2)8-12(9-16)14-13(17)18-10-11-6-4-3-5-7-11/h3-7,12,16H,8-10H2,1-2H3,(H,14,17)/t12-/m1/s1. The third-order valence-corrected chi connectivity index (χ3v) is 2.34. The van der Waals surface area contributed by atoms with Gasteiger partial charge in [-0.25, -0.2) is 4.79 Å². The maximum Gasteiger partial charge on any atom is 0.407 e. The van der Waals surface area contributed by atoms with Crippen molar-refractivity contribution < 1.29 is 14.6 Å². The summed E-state index contributed by atoms with van der Waals surface area (Å²) < 4.78 is 5.06. The van der Waals surface area contributed by atoms with E-state index in [1.54, 1.807) is 0 Å². The van der Waals surface area contributed by atoms with Gasteiger partial charge in [0, 0.05) is 6.54 Å². The van der Waals surface area contributed by atoms with E-state index in [1.165, 1.54) is 0 Å². The summed E-state index contributed by atoms with van der Waals surface area (Å²) in [7, 11) is 3.75. The summed E-state index contributed by atoms with van der Waals surface area (Å²) >= 11 is 0. The van der Waals surface area contributed by atoms with Gasteiger partial charge in [0.05, 0.1) is 12.6 Å². The minimum absolute atomic E-state index is 0.112. The van der Waals surface area contributed by atoms with Crippen molar-refractivity contribution in [1.29, 1.82) is 0 Å². The molecule has 0 radical (unpaired) electrons. The molecule has 18 heavy (non-hydrogen) atoms. The van der Waals surface area contributed by atoms with Crippen LogP contribution in [0.25, 0.3) is 0 Å². The zero-order chi connectivity index (χ0) is 13.4. The number of aliphatic hydroxyl groups is 1. The van der Waals surface area contributed by atoms with Crippen molar-refractivity contribution >= 4 is 6.09 Å². The predicted octanol–water partition coefficient (Wildman–Crippen LogP) is 0.835. The lowest BCUT2D eigenvalue weighted by Gasteiger charge is -2.19. The van der Waals surface area contributed by atoms with E-state index in [1.807, 2.05) is 49.3 Å². The van der Waals surface area contributed by atoms with E-state index < -0.39 is 6.09 Å². The molecule has 0 aliphatic carbocycles. The van der Waals surface area contributed by atoms with Crippen LogP contribution in [0.2, 0.25) is 0 Å². The second-order valence-corrected chi connectivity index (χ2v) is 4.35. The molecule has 0 saturated carbocycles. The molecule has 100 valence electrons. The molecule has 1 aromatic rings. The second-order valence-electron chi connectivity index (χ2n) is 4.35. The molecule has 1 aromatic carbocycles. The van der Waals surface area contributed by atoms with Gasteiger partial charge in [0.1, 0.15) is 6.61 Å². The molecule has 0 heterocycles. The van der Waals surface area contributed by atoms with Gasteiger partial charge in [0.2, 0.25) is 0 Å². The fourth-order valence-corrected chi connectivity index (χ4v) is 1.52. The molecule has 0 fully saturated rings. The maximum atomic E-state index is 11.5. The first-order valence-electron chi connectivity index (χ1n) is 5.84. The highest BCUT2D eigenvalue weighted by molar-refractivity contribution is 5.67. The van der Waals surface area contributed by atoms with Crippen LogP contribution in [0.5, 0.6) is 0 Å². The number of nitrogens with one attached hydrogen (secondary N) is 1. The van der Waals surface area contributed by atoms with Crippen molar-refractivity contribution in [3.8, 4) is 0 Å². The van der Waals surface area contributed by atoms with Gasteiger partial charge in [-0.2, -0.15) is 0 Å². The zero-order valence-electron chi connectivity index (χ0n) is 10.8. The number of ether oxygens (including phenoxy) is 1. The molecule has 5 nitrogen and oxygen atoms in total. The molecule has 0 saturated heterocycles. The third kappa shape index (κ3) is 5.65. The summed E-state index contributed by atoms with van der Waals surface area (Å²) in [5.74, 6) is 0. The Balaban J connectivity index is 2.32. The largest absolute Gasteiger partial charge is 0.445 e. The van der Waals surface area contributed by atoms with E-state index in [0.717, 1.165) is 5.56 Å². The van der Waals surface area contributed by atoms with E-state index in [0.29, 0.717) is 6.54 Å². The number of hydrogen-bond donors (Lipinski definition) is 2. The van der Waals surface area contributed by atoms with Crippen LogP contribution in [-0.4, -0.2) is 49.4 Å². The molecule has 1 rings (SSSR count). The summed E-state index contributed by atoms with van der Waals surface area (Å²) in [5.41, 5.74) is 0.931. The number of aliphatic hydroxyl groups excluding tert-OH is 1. The monoisotopic (exact) mass is 252 g/mol. The van der Waals surface area contributed by atoms with Gasteiger partial charge in [-0.1, -0.05) is 30.3 Å². The van der Waals surface area contributed by atoms with Crippen LogP contribution >= 0.6 is 0 Å². The fraction of sp³-hybridized carbons (Fsp3) is 0.462. The Morgan fingerprint density at radius 3 is 2.61 bits per heavy atom. The highest BCUT2D eigenvalue weighted by atomic mass is 16.5. The molecular formula is C13H20N2O3. The normalized spacial score (nSPS) is 12.2. The Labute approximate surface area is 107 Å². The minimum Gasteiger partial charge on any atom is -0.445 e. The van der Waals surface area contributed by atoms with Crippen molar-refractivity contribution in [2.45, 2.75) is 12.6 Å². The fourth-order valence-electron chi connectivity index (χ4n) is 1.52. The molecule has 1 amide bonds. The van der Waals surface area contributed by atoms with Gasteiger partial charge in [0.25, 0.3) is 0 Å². The van der Waals surface area contributed by atoms with Crippen molar-refractivity contribution in [3.63, 3.8) is 0 Å². The van der Waals surface area contributed by atoms with Gasteiger partial charge in [-0.3, -0.25) is 0 Å². The highest BCUT2D eigenvalue weighted by Gasteiger charge is 2.12. The molecule has 0 aliphatic heterocycles. The topological polar surface area (TPSA) is 61.8 Å². The number of likely N-dealkylation sites (N-methyl/N-ethyl adjacent to an activating group) is 1. The van der Waals surface area contributed by atoms with Gasteiger partial charge in [-0.15, -0.1) is 0 Å². The number of rotatable bonds is 6. The Morgan fingerprint density at radius 1 is 1.39 bits per heavy atom. The summed E-state index contributed by atoms with van der Waals surface area (Å²) in [5, 5.41) is 11.7. The van der Waals surface area contributed by atoms with E-state index >= 15 is 0 Å². The average molecular weight is 252 g/mol. The second kappa shape index (κ2) is 7.68. The molecule has 0 aliphatic rings. The summed E-state index contributed by atoms with van der Waals surface area (Å²) in [6, 6.07) is 9.14. The molecule has 0 bridgehead atoms. The first-order chi connectivity index (χ1) is 8.61. The lowest BCUT2D eigenvalue weighted by atomic mass is 10.2. The number of benzene rings is 1. The average Bonchev–Trinajstić information content (AvgIpc) is 2.36. The quantitative estimate of drug-likeness (QED) is 0.787. The number of carbonyl (C=O) groups is 1. The van der Waals surface area contributed by atoms with Gasteiger partial charge in [0.15, 0.2) is 0 Å². The maximum absolute atomic E-state index is 11.5. The van der Waals surface area contributed by atoms with Crippen molar-refractivity contribution in [2.24, 2.45) is 0 Å². The van der Waals surface area contributed by atoms with Crippen LogP contribution in [0.3, 0.4) is 0 Å². The SMILES string of the molecule is CN(C)C[C@H](CO)NC(=O)OCc1ccccc1. The lowest BCUT2D eigenvalue weighted by molar-refractivity contribution is 0.125. The van der Waals surface area contributed by atoms with E-state index in [9.17, 15) is 4.79 Å². The number of carbonyl (C=O) groups excluding carboxylic acids is 1. The van der Waals surface area contributed by atoms with Crippen molar-refractivity contribution in [3.05, 3.63) is 35.9 Å². The van der Waals surface area contributed by atoms with Gasteiger partial charge < -0.3 is 20.1 Å². The molecule has 5 heteroatoms. The zero-order valence-corrected chi connectivity index (χ0v) is 10.8. The predicted molar refractivity (Wildman–Crippen MR) is 69.2 cm³/mol. The smallest absolute Gasteiger partial charge is 0.407 e. The Kier molecular flexibility index (Phi) is 6.18. The van der Waals surface area contributed by atoms with Crippen LogP contribution in [0, 0.1) is 0 Å². The van der Waals surface area contributed by atoms with Crippen molar-refractivity contribution in [1.82, 2.24) is 10.2 Å². The Morgan fingerprint density at radius 2 is 2.06 bits per heavy atom. The van der Waals surface area contributed by atoms with Crippen LogP contribution in [0.1, 0.15) is 5.56 Å². The summed E-state index contributed by atoms with van der Waals surface area (Å²) in [6.45, 7) is 0.683.